The fourth-order valence-electron chi connectivity index (χ4n) is 3.53. The molecule has 0 radical (unpaired) electrons. The van der Waals surface area contributed by atoms with E-state index >= 15 is 0 Å². The maximum absolute atomic E-state index is 11.8. The van der Waals surface area contributed by atoms with E-state index in [1.54, 1.807) is 0 Å². The van der Waals surface area contributed by atoms with Crippen molar-refractivity contribution in [1.29, 1.82) is 0 Å². The highest BCUT2D eigenvalue weighted by Gasteiger charge is 2.27. The number of carbonyl (C=O) groups is 1. The third kappa shape index (κ3) is 7.01. The Labute approximate surface area is 146 Å². The van der Waals surface area contributed by atoms with Crippen LogP contribution in [0, 0.1) is 11.8 Å². The van der Waals surface area contributed by atoms with Crippen LogP contribution in [0.15, 0.2) is 0 Å². The number of piperidine rings is 1. The standard InChI is InChI=1S/C15H29N3O2.2ClH/c1-11-6-12(2)10-18(9-11)5-3-4-16-15(20)14-7-13(19)8-17-14;;/h11-14,17,19H,3-10H2,1-2H3,(H,16,20);2*1H. The van der Waals surface area contributed by atoms with Crippen LogP contribution in [0.2, 0.25) is 0 Å². The van der Waals surface area contributed by atoms with Gasteiger partial charge in [-0.3, -0.25) is 4.79 Å². The van der Waals surface area contributed by atoms with Crippen LogP contribution in [-0.2, 0) is 4.79 Å². The number of aliphatic hydroxyl groups is 1. The third-order valence-corrected chi connectivity index (χ3v) is 4.32. The van der Waals surface area contributed by atoms with E-state index in [-0.39, 0.29) is 42.9 Å². The van der Waals surface area contributed by atoms with Gasteiger partial charge in [0.05, 0.1) is 12.1 Å². The summed E-state index contributed by atoms with van der Waals surface area (Å²) in [5.74, 6) is 1.61. The zero-order chi connectivity index (χ0) is 14.5. The normalized spacial score (nSPS) is 32.0. The lowest BCUT2D eigenvalue weighted by molar-refractivity contribution is -0.122. The lowest BCUT2D eigenvalue weighted by atomic mass is 9.92. The molecule has 0 aromatic carbocycles. The molecule has 0 saturated carbocycles. The average Bonchev–Trinajstić information content (AvgIpc) is 2.80. The highest BCUT2D eigenvalue weighted by molar-refractivity contribution is 5.85. The second-order valence-electron chi connectivity index (χ2n) is 6.70. The van der Waals surface area contributed by atoms with Crippen LogP contribution in [0.5, 0.6) is 0 Å². The molecule has 0 aromatic rings. The molecule has 0 bridgehead atoms. The van der Waals surface area contributed by atoms with E-state index in [0.29, 0.717) is 13.0 Å². The number of β-amino-alcohol motifs (C(OH)–C–C–N with tert-alkyl or cyclic N) is 1. The number of hydrogen-bond donors (Lipinski definition) is 3. The van der Waals surface area contributed by atoms with Gasteiger partial charge in [-0.2, -0.15) is 0 Å². The fourth-order valence-corrected chi connectivity index (χ4v) is 3.53. The summed E-state index contributed by atoms with van der Waals surface area (Å²) >= 11 is 0. The van der Waals surface area contributed by atoms with Gasteiger partial charge in [0.2, 0.25) is 5.91 Å². The summed E-state index contributed by atoms with van der Waals surface area (Å²) in [6.07, 6.45) is 2.50. The van der Waals surface area contributed by atoms with E-state index in [4.69, 9.17) is 0 Å². The van der Waals surface area contributed by atoms with Crippen molar-refractivity contribution in [1.82, 2.24) is 15.5 Å². The predicted molar refractivity (Wildman–Crippen MR) is 93.9 cm³/mol. The lowest BCUT2D eigenvalue weighted by Crippen LogP contribution is -2.42. The molecule has 7 heteroatoms. The Hall–Kier alpha value is -0.0700. The summed E-state index contributed by atoms with van der Waals surface area (Å²) in [4.78, 5) is 14.4. The molecule has 4 atom stereocenters. The number of likely N-dealkylation sites (tertiary alicyclic amines) is 1. The molecule has 2 rings (SSSR count). The molecule has 0 aromatic heterocycles. The van der Waals surface area contributed by atoms with Gasteiger partial charge >= 0.3 is 0 Å². The highest BCUT2D eigenvalue weighted by Crippen LogP contribution is 2.20. The van der Waals surface area contributed by atoms with Crippen LogP contribution < -0.4 is 10.6 Å². The second-order valence-corrected chi connectivity index (χ2v) is 6.70. The Morgan fingerprint density at radius 2 is 1.86 bits per heavy atom. The van der Waals surface area contributed by atoms with Crippen molar-refractivity contribution in [2.24, 2.45) is 11.8 Å². The molecule has 5 nitrogen and oxygen atoms in total. The smallest absolute Gasteiger partial charge is 0.237 e. The molecule has 2 saturated heterocycles. The SMILES string of the molecule is CC1CC(C)CN(CCCNC(=O)C2CC(O)CN2)C1.Cl.Cl. The second kappa shape index (κ2) is 10.7. The molecule has 0 spiro atoms. The summed E-state index contributed by atoms with van der Waals surface area (Å²) < 4.78 is 0. The van der Waals surface area contributed by atoms with Gasteiger partial charge in [0.25, 0.3) is 0 Å². The molecule has 132 valence electrons. The summed E-state index contributed by atoms with van der Waals surface area (Å²) in [5, 5.41) is 15.4. The zero-order valence-corrected chi connectivity index (χ0v) is 15.2. The van der Waals surface area contributed by atoms with Crippen LogP contribution in [0.1, 0.15) is 33.1 Å². The minimum atomic E-state index is -0.373. The van der Waals surface area contributed by atoms with Crippen LogP contribution >= 0.6 is 24.8 Å². The average molecular weight is 356 g/mol. The quantitative estimate of drug-likeness (QED) is 0.644. The van der Waals surface area contributed by atoms with Crippen molar-refractivity contribution in [3.05, 3.63) is 0 Å². The van der Waals surface area contributed by atoms with Gasteiger partial charge in [0.15, 0.2) is 0 Å². The van der Waals surface area contributed by atoms with E-state index in [1.165, 1.54) is 19.5 Å². The molecule has 4 unspecified atom stereocenters. The summed E-state index contributed by atoms with van der Waals surface area (Å²) in [6.45, 7) is 9.34. The zero-order valence-electron chi connectivity index (χ0n) is 13.6. The molecule has 0 aliphatic carbocycles. The van der Waals surface area contributed by atoms with E-state index in [9.17, 15) is 9.90 Å². The highest BCUT2D eigenvalue weighted by atomic mass is 35.5. The molecule has 2 aliphatic rings. The summed E-state index contributed by atoms with van der Waals surface area (Å²) in [7, 11) is 0. The monoisotopic (exact) mass is 355 g/mol. The minimum Gasteiger partial charge on any atom is -0.392 e. The Balaban J connectivity index is 0.00000220. The maximum atomic E-state index is 11.8. The van der Waals surface area contributed by atoms with Gasteiger partial charge in [0.1, 0.15) is 0 Å². The first-order valence-corrected chi connectivity index (χ1v) is 7.96. The maximum Gasteiger partial charge on any atom is 0.237 e. The van der Waals surface area contributed by atoms with E-state index in [0.717, 1.165) is 31.3 Å². The molecular formula is C15H31Cl2N3O2. The van der Waals surface area contributed by atoms with Crippen LogP contribution in [0.4, 0.5) is 0 Å². The third-order valence-electron chi connectivity index (χ3n) is 4.32. The van der Waals surface area contributed by atoms with Gasteiger partial charge < -0.3 is 20.6 Å². The minimum absolute atomic E-state index is 0. The number of aliphatic hydroxyl groups excluding tert-OH is 1. The molecule has 22 heavy (non-hydrogen) atoms. The largest absolute Gasteiger partial charge is 0.392 e. The summed E-state index contributed by atoms with van der Waals surface area (Å²) in [6, 6.07) is -0.208. The van der Waals surface area contributed by atoms with Crippen molar-refractivity contribution in [3.63, 3.8) is 0 Å². The van der Waals surface area contributed by atoms with Crippen LogP contribution in [0.3, 0.4) is 0 Å². The van der Waals surface area contributed by atoms with Crippen LogP contribution in [-0.4, -0.2) is 60.8 Å². The van der Waals surface area contributed by atoms with Crippen molar-refractivity contribution in [2.75, 3.05) is 32.7 Å². The van der Waals surface area contributed by atoms with Gasteiger partial charge in [-0.05, 0) is 37.6 Å². The van der Waals surface area contributed by atoms with E-state index in [2.05, 4.69) is 29.4 Å². The number of rotatable bonds is 5. The van der Waals surface area contributed by atoms with Crippen LogP contribution in [0.25, 0.3) is 0 Å². The molecule has 2 fully saturated rings. The molecule has 2 heterocycles. The van der Waals surface area contributed by atoms with Crippen molar-refractivity contribution in [3.8, 4) is 0 Å². The van der Waals surface area contributed by atoms with Crippen molar-refractivity contribution < 1.29 is 9.90 Å². The Morgan fingerprint density at radius 3 is 2.41 bits per heavy atom. The van der Waals surface area contributed by atoms with Gasteiger partial charge in [-0.25, -0.2) is 0 Å². The number of halogens is 2. The number of hydrogen-bond acceptors (Lipinski definition) is 4. The van der Waals surface area contributed by atoms with Crippen molar-refractivity contribution in [2.45, 2.75) is 45.3 Å². The molecular weight excluding hydrogens is 325 g/mol. The Bertz CT molecular complexity index is 324. The van der Waals surface area contributed by atoms with E-state index < -0.39 is 0 Å². The van der Waals surface area contributed by atoms with Gasteiger partial charge in [-0.1, -0.05) is 13.8 Å². The van der Waals surface area contributed by atoms with Gasteiger partial charge in [-0.15, -0.1) is 24.8 Å². The first-order valence-electron chi connectivity index (χ1n) is 7.96. The van der Waals surface area contributed by atoms with Crippen molar-refractivity contribution >= 4 is 30.7 Å². The number of nitrogens with zero attached hydrogens (tertiary/aromatic N) is 1. The number of carbonyl (C=O) groups excluding carboxylic acids is 1. The van der Waals surface area contributed by atoms with Gasteiger partial charge in [0, 0.05) is 26.2 Å². The number of nitrogens with one attached hydrogen (secondary N) is 2. The molecule has 1 amide bonds. The number of amides is 1. The fraction of sp³-hybridized carbons (Fsp3) is 0.933. The molecule has 2 aliphatic heterocycles. The lowest BCUT2D eigenvalue weighted by Gasteiger charge is -2.34. The Morgan fingerprint density at radius 1 is 1.23 bits per heavy atom. The predicted octanol–water partition coefficient (Wildman–Crippen LogP) is 1.04. The topological polar surface area (TPSA) is 64.6 Å². The van der Waals surface area contributed by atoms with E-state index in [1.807, 2.05) is 0 Å². The first kappa shape index (κ1) is 21.9. The Kier molecular flexibility index (Phi) is 10.6. The molecule has 3 N–H and O–H groups in total. The first-order chi connectivity index (χ1) is 9.54. The summed E-state index contributed by atoms with van der Waals surface area (Å²) in [5.41, 5.74) is 0.